The highest BCUT2D eigenvalue weighted by atomic mass is 16.5. The molecule has 0 bridgehead atoms. The fourth-order valence-corrected chi connectivity index (χ4v) is 1.58. The van der Waals surface area contributed by atoms with Crippen LogP contribution in [0, 0.1) is 6.92 Å². The molecular formula is C12H18N2O2. The minimum atomic E-state index is -0.342. The molecule has 0 aliphatic carbocycles. The molecule has 0 unspecified atom stereocenters. The molecule has 1 aromatic rings. The lowest BCUT2D eigenvalue weighted by Crippen LogP contribution is -2.34. The number of ether oxygens (including phenoxy) is 1. The van der Waals surface area contributed by atoms with Gasteiger partial charge in [0, 0.05) is 0 Å². The number of hydrogen-bond acceptors (Lipinski definition) is 3. The van der Waals surface area contributed by atoms with Gasteiger partial charge in [-0.25, -0.2) is 5.84 Å². The normalized spacial score (nSPS) is 10.3. The average Bonchev–Trinajstić information content (AvgIpc) is 2.25. The van der Waals surface area contributed by atoms with E-state index in [0.29, 0.717) is 11.7 Å². The molecule has 0 aliphatic rings. The number of carbonyl (C=O) groups is 1. The highest BCUT2D eigenvalue weighted by molar-refractivity contribution is 5.76. The van der Waals surface area contributed by atoms with Gasteiger partial charge in [0.1, 0.15) is 5.75 Å². The Hall–Kier alpha value is -1.55. The third-order valence-electron chi connectivity index (χ3n) is 2.39. The summed E-state index contributed by atoms with van der Waals surface area (Å²) in [5.74, 6) is 5.78. The Bertz CT molecular complexity index is 375. The van der Waals surface area contributed by atoms with Crippen LogP contribution in [0.4, 0.5) is 0 Å². The van der Waals surface area contributed by atoms with E-state index in [1.54, 1.807) is 0 Å². The van der Waals surface area contributed by atoms with Crippen molar-refractivity contribution >= 4 is 5.91 Å². The Morgan fingerprint density at radius 1 is 1.50 bits per heavy atom. The molecule has 0 spiro atoms. The molecule has 0 heterocycles. The van der Waals surface area contributed by atoms with Crippen LogP contribution in [0.25, 0.3) is 0 Å². The summed E-state index contributed by atoms with van der Waals surface area (Å²) in [6, 6.07) is 5.82. The maximum Gasteiger partial charge on any atom is 0.271 e. The van der Waals surface area contributed by atoms with Gasteiger partial charge < -0.3 is 4.74 Å². The number of nitrogens with one attached hydrogen (secondary N) is 1. The van der Waals surface area contributed by atoms with Crippen molar-refractivity contribution < 1.29 is 9.53 Å². The minimum Gasteiger partial charge on any atom is -0.484 e. The van der Waals surface area contributed by atoms with Crippen molar-refractivity contribution in [2.75, 3.05) is 6.61 Å². The summed E-state index contributed by atoms with van der Waals surface area (Å²) in [6.45, 7) is 6.26. The number of rotatable bonds is 4. The van der Waals surface area contributed by atoms with Gasteiger partial charge >= 0.3 is 0 Å². The van der Waals surface area contributed by atoms with E-state index >= 15 is 0 Å². The van der Waals surface area contributed by atoms with Crippen LogP contribution in [0.15, 0.2) is 18.2 Å². The van der Waals surface area contributed by atoms with Crippen molar-refractivity contribution in [3.63, 3.8) is 0 Å². The molecule has 0 aromatic heterocycles. The molecule has 3 N–H and O–H groups in total. The summed E-state index contributed by atoms with van der Waals surface area (Å²) in [4.78, 5) is 10.9. The highest BCUT2D eigenvalue weighted by Crippen LogP contribution is 2.23. The number of aryl methyl sites for hydroxylation is 1. The van der Waals surface area contributed by atoms with Crippen LogP contribution in [-0.2, 0) is 4.79 Å². The van der Waals surface area contributed by atoms with E-state index in [1.165, 1.54) is 11.1 Å². The van der Waals surface area contributed by atoms with E-state index in [-0.39, 0.29) is 12.5 Å². The second kappa shape index (κ2) is 5.51. The number of hydrogen-bond donors (Lipinski definition) is 2. The second-order valence-corrected chi connectivity index (χ2v) is 4.03. The predicted molar refractivity (Wildman–Crippen MR) is 63.1 cm³/mol. The van der Waals surface area contributed by atoms with Crippen LogP contribution in [-0.4, -0.2) is 12.5 Å². The zero-order valence-electron chi connectivity index (χ0n) is 9.91. The lowest BCUT2D eigenvalue weighted by atomic mass is 9.98. The van der Waals surface area contributed by atoms with Crippen molar-refractivity contribution in [2.45, 2.75) is 26.7 Å². The molecule has 4 heteroatoms. The van der Waals surface area contributed by atoms with Crippen LogP contribution in [0.1, 0.15) is 30.9 Å². The molecular weight excluding hydrogens is 204 g/mol. The summed E-state index contributed by atoms with van der Waals surface area (Å²) >= 11 is 0. The average molecular weight is 222 g/mol. The van der Waals surface area contributed by atoms with E-state index in [9.17, 15) is 4.79 Å². The Morgan fingerprint density at radius 2 is 2.19 bits per heavy atom. The van der Waals surface area contributed by atoms with Gasteiger partial charge in [0.15, 0.2) is 6.61 Å². The van der Waals surface area contributed by atoms with E-state index in [4.69, 9.17) is 10.6 Å². The zero-order chi connectivity index (χ0) is 12.1. The summed E-state index contributed by atoms with van der Waals surface area (Å²) in [5.41, 5.74) is 4.47. The fraction of sp³-hybridized carbons (Fsp3) is 0.417. The van der Waals surface area contributed by atoms with Gasteiger partial charge in [-0.2, -0.15) is 0 Å². The smallest absolute Gasteiger partial charge is 0.271 e. The third-order valence-corrected chi connectivity index (χ3v) is 2.39. The van der Waals surface area contributed by atoms with Crippen LogP contribution in [0.2, 0.25) is 0 Å². The maximum atomic E-state index is 10.9. The molecule has 0 fully saturated rings. The van der Waals surface area contributed by atoms with E-state index in [1.807, 2.05) is 30.5 Å². The molecule has 0 saturated carbocycles. The maximum absolute atomic E-state index is 10.9. The molecule has 1 aromatic carbocycles. The monoisotopic (exact) mass is 222 g/mol. The standard InChI is InChI=1S/C12H18N2O2/c1-8(2)11-5-4-10(6-9(11)3)16-7-12(15)14-13/h4-6,8H,7,13H2,1-3H3,(H,14,15). The molecule has 0 aliphatic heterocycles. The van der Waals surface area contributed by atoms with Gasteiger partial charge in [0.05, 0.1) is 0 Å². The van der Waals surface area contributed by atoms with E-state index in [0.717, 1.165) is 0 Å². The van der Waals surface area contributed by atoms with Crippen LogP contribution >= 0.6 is 0 Å². The predicted octanol–water partition coefficient (Wildman–Crippen LogP) is 1.49. The zero-order valence-corrected chi connectivity index (χ0v) is 9.91. The lowest BCUT2D eigenvalue weighted by Gasteiger charge is -2.12. The largest absolute Gasteiger partial charge is 0.484 e. The van der Waals surface area contributed by atoms with Gasteiger partial charge in [0.2, 0.25) is 0 Å². The summed E-state index contributed by atoms with van der Waals surface area (Å²) < 4.78 is 5.28. The number of nitrogens with two attached hydrogens (primary N) is 1. The first-order valence-electron chi connectivity index (χ1n) is 5.27. The number of carbonyl (C=O) groups excluding carboxylic acids is 1. The highest BCUT2D eigenvalue weighted by Gasteiger charge is 2.05. The van der Waals surface area contributed by atoms with Gasteiger partial charge in [0.25, 0.3) is 5.91 Å². The van der Waals surface area contributed by atoms with Crippen molar-refractivity contribution in [1.82, 2.24) is 5.43 Å². The summed E-state index contributed by atoms with van der Waals surface area (Å²) in [5, 5.41) is 0. The molecule has 0 atom stereocenters. The van der Waals surface area contributed by atoms with Crippen molar-refractivity contribution in [2.24, 2.45) is 5.84 Å². The van der Waals surface area contributed by atoms with Crippen molar-refractivity contribution in [3.8, 4) is 5.75 Å². The molecule has 0 saturated heterocycles. The first-order chi connectivity index (χ1) is 7.54. The van der Waals surface area contributed by atoms with Gasteiger partial charge in [-0.3, -0.25) is 10.2 Å². The Kier molecular flexibility index (Phi) is 4.31. The second-order valence-electron chi connectivity index (χ2n) is 4.03. The van der Waals surface area contributed by atoms with Crippen LogP contribution < -0.4 is 16.0 Å². The fourth-order valence-electron chi connectivity index (χ4n) is 1.58. The number of benzene rings is 1. The van der Waals surface area contributed by atoms with Gasteiger partial charge in [-0.1, -0.05) is 19.9 Å². The number of amides is 1. The van der Waals surface area contributed by atoms with Crippen molar-refractivity contribution in [1.29, 1.82) is 0 Å². The quantitative estimate of drug-likeness (QED) is 0.461. The third kappa shape index (κ3) is 3.24. The summed E-state index contributed by atoms with van der Waals surface area (Å²) in [6.07, 6.45) is 0. The van der Waals surface area contributed by atoms with Crippen LogP contribution in [0.3, 0.4) is 0 Å². The molecule has 16 heavy (non-hydrogen) atoms. The Balaban J connectivity index is 2.70. The molecule has 0 radical (unpaired) electrons. The molecule has 1 rings (SSSR count). The molecule has 88 valence electrons. The Labute approximate surface area is 95.8 Å². The van der Waals surface area contributed by atoms with Gasteiger partial charge in [-0.15, -0.1) is 0 Å². The first-order valence-corrected chi connectivity index (χ1v) is 5.27. The minimum absolute atomic E-state index is 0.0586. The molecule has 1 amide bonds. The van der Waals surface area contributed by atoms with Crippen LogP contribution in [0.5, 0.6) is 5.75 Å². The SMILES string of the molecule is Cc1cc(OCC(=O)NN)ccc1C(C)C. The van der Waals surface area contributed by atoms with Crippen molar-refractivity contribution in [3.05, 3.63) is 29.3 Å². The van der Waals surface area contributed by atoms with Gasteiger partial charge in [-0.05, 0) is 36.1 Å². The Morgan fingerprint density at radius 3 is 2.69 bits per heavy atom. The summed E-state index contributed by atoms with van der Waals surface area (Å²) in [7, 11) is 0. The van der Waals surface area contributed by atoms with E-state index < -0.39 is 0 Å². The number of hydrazine groups is 1. The topological polar surface area (TPSA) is 64.3 Å². The van der Waals surface area contributed by atoms with E-state index in [2.05, 4.69) is 13.8 Å². The first kappa shape index (κ1) is 12.5. The molecule has 4 nitrogen and oxygen atoms in total. The lowest BCUT2D eigenvalue weighted by molar-refractivity contribution is -0.123.